The van der Waals surface area contributed by atoms with Crippen LogP contribution in [0, 0.1) is 12.8 Å². The summed E-state index contributed by atoms with van der Waals surface area (Å²) in [4.78, 5) is 4.20. The van der Waals surface area contributed by atoms with Gasteiger partial charge in [0, 0.05) is 17.8 Å². The van der Waals surface area contributed by atoms with E-state index in [0.29, 0.717) is 11.7 Å². The minimum Gasteiger partial charge on any atom is -0.383 e. The highest BCUT2D eigenvalue weighted by molar-refractivity contribution is 5.46. The SMILES string of the molecule is Cc1ccnc(N)c1C(N)C1CCc2ccccc2C1. The molecule has 4 N–H and O–H groups in total. The second kappa shape index (κ2) is 5.25. The van der Waals surface area contributed by atoms with Crippen molar-refractivity contribution >= 4 is 5.82 Å². The van der Waals surface area contributed by atoms with E-state index < -0.39 is 0 Å². The van der Waals surface area contributed by atoms with Crippen LogP contribution in [-0.2, 0) is 12.8 Å². The Hall–Kier alpha value is -1.87. The van der Waals surface area contributed by atoms with Gasteiger partial charge in [-0.25, -0.2) is 4.98 Å². The van der Waals surface area contributed by atoms with Crippen molar-refractivity contribution in [3.05, 3.63) is 58.8 Å². The molecule has 0 spiro atoms. The minimum absolute atomic E-state index is 0.0305. The molecular weight excluding hydrogens is 246 g/mol. The van der Waals surface area contributed by atoms with Gasteiger partial charge < -0.3 is 11.5 Å². The van der Waals surface area contributed by atoms with Crippen molar-refractivity contribution < 1.29 is 0 Å². The number of nitrogens with two attached hydrogens (primary N) is 2. The first-order valence-corrected chi connectivity index (χ1v) is 7.20. The van der Waals surface area contributed by atoms with Crippen LogP contribution in [0.15, 0.2) is 36.5 Å². The number of pyridine rings is 1. The van der Waals surface area contributed by atoms with Crippen molar-refractivity contribution in [2.75, 3.05) is 5.73 Å². The summed E-state index contributed by atoms with van der Waals surface area (Å²) in [5.41, 5.74) is 17.6. The molecule has 0 bridgehead atoms. The Bertz CT molecular complexity index is 601. The number of fused-ring (bicyclic) bond motifs is 1. The fourth-order valence-electron chi connectivity index (χ4n) is 3.29. The summed E-state index contributed by atoms with van der Waals surface area (Å²) < 4.78 is 0. The van der Waals surface area contributed by atoms with E-state index in [-0.39, 0.29) is 6.04 Å². The maximum atomic E-state index is 6.51. The van der Waals surface area contributed by atoms with Gasteiger partial charge in [0.25, 0.3) is 0 Å². The predicted molar refractivity (Wildman–Crippen MR) is 82.3 cm³/mol. The van der Waals surface area contributed by atoms with E-state index in [2.05, 4.69) is 36.2 Å². The van der Waals surface area contributed by atoms with E-state index in [1.807, 2.05) is 6.07 Å². The summed E-state index contributed by atoms with van der Waals surface area (Å²) in [7, 11) is 0. The van der Waals surface area contributed by atoms with Crippen molar-refractivity contribution in [1.82, 2.24) is 4.98 Å². The molecule has 0 fully saturated rings. The van der Waals surface area contributed by atoms with Gasteiger partial charge in [0.15, 0.2) is 0 Å². The summed E-state index contributed by atoms with van der Waals surface area (Å²) >= 11 is 0. The molecule has 0 amide bonds. The number of rotatable bonds is 2. The quantitative estimate of drug-likeness (QED) is 0.879. The fourth-order valence-corrected chi connectivity index (χ4v) is 3.29. The second-order valence-corrected chi connectivity index (χ2v) is 5.72. The molecule has 1 heterocycles. The van der Waals surface area contributed by atoms with Crippen molar-refractivity contribution in [3.63, 3.8) is 0 Å². The number of nitrogens with zero attached hydrogens (tertiary/aromatic N) is 1. The lowest BCUT2D eigenvalue weighted by atomic mass is 9.78. The Morgan fingerprint density at radius 1 is 1.20 bits per heavy atom. The maximum Gasteiger partial charge on any atom is 0.128 e. The predicted octanol–water partition coefficient (Wildman–Crippen LogP) is 2.78. The van der Waals surface area contributed by atoms with Gasteiger partial charge in [0.2, 0.25) is 0 Å². The molecular formula is C17H21N3. The highest BCUT2D eigenvalue weighted by Crippen LogP contribution is 2.35. The number of nitrogen functional groups attached to an aromatic ring is 1. The maximum absolute atomic E-state index is 6.51. The van der Waals surface area contributed by atoms with Crippen LogP contribution in [0.2, 0.25) is 0 Å². The van der Waals surface area contributed by atoms with Crippen molar-refractivity contribution in [2.45, 2.75) is 32.2 Å². The lowest BCUT2D eigenvalue weighted by Crippen LogP contribution is -2.28. The molecule has 20 heavy (non-hydrogen) atoms. The third kappa shape index (κ3) is 2.29. The molecule has 0 saturated heterocycles. The Labute approximate surface area is 120 Å². The summed E-state index contributed by atoms with van der Waals surface area (Å²) in [6.45, 7) is 2.06. The van der Waals surface area contributed by atoms with Gasteiger partial charge in [0.1, 0.15) is 5.82 Å². The van der Waals surface area contributed by atoms with E-state index >= 15 is 0 Å². The van der Waals surface area contributed by atoms with Crippen LogP contribution in [0.4, 0.5) is 5.82 Å². The van der Waals surface area contributed by atoms with Gasteiger partial charge in [-0.05, 0) is 54.9 Å². The van der Waals surface area contributed by atoms with Gasteiger partial charge in [0.05, 0.1) is 0 Å². The molecule has 1 aromatic heterocycles. The smallest absolute Gasteiger partial charge is 0.128 e. The second-order valence-electron chi connectivity index (χ2n) is 5.72. The van der Waals surface area contributed by atoms with Crippen molar-refractivity contribution in [2.24, 2.45) is 11.7 Å². The van der Waals surface area contributed by atoms with Crippen molar-refractivity contribution in [1.29, 1.82) is 0 Å². The highest BCUT2D eigenvalue weighted by Gasteiger charge is 2.27. The third-order valence-electron chi connectivity index (χ3n) is 4.47. The number of anilines is 1. The number of hydrogen-bond acceptors (Lipinski definition) is 3. The zero-order valence-corrected chi connectivity index (χ0v) is 11.8. The molecule has 2 aromatic rings. The van der Waals surface area contributed by atoms with E-state index in [0.717, 1.165) is 30.4 Å². The summed E-state index contributed by atoms with van der Waals surface area (Å²) in [5.74, 6) is 1.02. The van der Waals surface area contributed by atoms with E-state index in [4.69, 9.17) is 11.5 Å². The Morgan fingerprint density at radius 3 is 2.70 bits per heavy atom. The Kier molecular flexibility index (Phi) is 3.45. The average molecular weight is 267 g/mol. The topological polar surface area (TPSA) is 64.9 Å². The molecule has 0 saturated carbocycles. The minimum atomic E-state index is -0.0305. The van der Waals surface area contributed by atoms with Crippen LogP contribution in [0.1, 0.15) is 34.7 Å². The molecule has 3 heteroatoms. The summed E-state index contributed by atoms with van der Waals surface area (Å²) in [5, 5.41) is 0. The largest absolute Gasteiger partial charge is 0.383 e. The number of hydrogen-bond donors (Lipinski definition) is 2. The van der Waals surface area contributed by atoms with Crippen LogP contribution in [-0.4, -0.2) is 4.98 Å². The molecule has 0 radical (unpaired) electrons. The van der Waals surface area contributed by atoms with E-state index in [1.54, 1.807) is 6.20 Å². The molecule has 2 unspecified atom stereocenters. The molecule has 1 aromatic carbocycles. The number of aromatic nitrogens is 1. The molecule has 2 atom stereocenters. The highest BCUT2D eigenvalue weighted by atomic mass is 14.8. The molecule has 1 aliphatic rings. The zero-order valence-electron chi connectivity index (χ0n) is 11.8. The van der Waals surface area contributed by atoms with Crippen LogP contribution in [0.5, 0.6) is 0 Å². The summed E-state index contributed by atoms with van der Waals surface area (Å²) in [6, 6.07) is 10.6. The van der Waals surface area contributed by atoms with Gasteiger partial charge in [-0.2, -0.15) is 0 Å². The van der Waals surface area contributed by atoms with Gasteiger partial charge in [-0.15, -0.1) is 0 Å². The average Bonchev–Trinajstić information content (AvgIpc) is 2.46. The van der Waals surface area contributed by atoms with Gasteiger partial charge >= 0.3 is 0 Å². The zero-order chi connectivity index (χ0) is 14.1. The van der Waals surface area contributed by atoms with Gasteiger partial charge in [-0.3, -0.25) is 0 Å². The first kappa shape index (κ1) is 13.1. The van der Waals surface area contributed by atoms with Crippen LogP contribution >= 0.6 is 0 Å². The van der Waals surface area contributed by atoms with Crippen LogP contribution in [0.25, 0.3) is 0 Å². The lowest BCUT2D eigenvalue weighted by Gasteiger charge is -2.30. The molecule has 104 valence electrons. The van der Waals surface area contributed by atoms with E-state index in [9.17, 15) is 0 Å². The first-order valence-electron chi connectivity index (χ1n) is 7.20. The molecule has 1 aliphatic carbocycles. The summed E-state index contributed by atoms with van der Waals surface area (Å²) in [6.07, 6.45) is 5.00. The van der Waals surface area contributed by atoms with Crippen molar-refractivity contribution in [3.8, 4) is 0 Å². The van der Waals surface area contributed by atoms with E-state index in [1.165, 1.54) is 11.1 Å². The molecule has 3 rings (SSSR count). The number of benzene rings is 1. The first-order chi connectivity index (χ1) is 9.66. The standard InChI is InChI=1S/C17H21N3/c1-11-8-9-20-17(19)15(11)16(18)14-7-6-12-4-2-3-5-13(12)10-14/h2-5,8-9,14,16H,6-7,10,18H2,1H3,(H2,19,20). The fraction of sp³-hybridized carbons (Fsp3) is 0.353. The lowest BCUT2D eigenvalue weighted by molar-refractivity contribution is 0.381. The monoisotopic (exact) mass is 267 g/mol. The third-order valence-corrected chi connectivity index (χ3v) is 4.47. The molecule has 3 nitrogen and oxygen atoms in total. The van der Waals surface area contributed by atoms with Gasteiger partial charge in [-0.1, -0.05) is 24.3 Å². The Morgan fingerprint density at radius 2 is 1.95 bits per heavy atom. The normalized spacial score (nSPS) is 19.4. The number of aryl methyl sites for hydroxylation is 2. The van der Waals surface area contributed by atoms with Crippen LogP contribution < -0.4 is 11.5 Å². The Balaban J connectivity index is 1.88. The molecule has 0 aliphatic heterocycles. The van der Waals surface area contributed by atoms with Crippen LogP contribution in [0.3, 0.4) is 0 Å².